The molecule has 0 atom stereocenters. The van der Waals surface area contributed by atoms with E-state index in [9.17, 15) is 9.50 Å². The van der Waals surface area contributed by atoms with Crippen LogP contribution in [0.3, 0.4) is 0 Å². The Kier molecular flexibility index (Phi) is 3.27. The molecule has 0 aliphatic heterocycles. The second-order valence-corrected chi connectivity index (χ2v) is 4.41. The van der Waals surface area contributed by atoms with Crippen molar-refractivity contribution in [2.75, 3.05) is 0 Å². The van der Waals surface area contributed by atoms with Crippen LogP contribution in [0.2, 0.25) is 0 Å². The lowest BCUT2D eigenvalue weighted by atomic mass is 9.98. The highest BCUT2D eigenvalue weighted by molar-refractivity contribution is 5.23. The third kappa shape index (κ3) is 3.46. The Morgan fingerprint density at radius 3 is 2.50 bits per heavy atom. The zero-order valence-electron chi connectivity index (χ0n) is 8.97. The molecule has 0 saturated carbocycles. The number of hydrogen-bond donors (Lipinski definition) is 1. The van der Waals surface area contributed by atoms with E-state index >= 15 is 0 Å². The Bertz CT molecular complexity index is 313. The topological polar surface area (TPSA) is 20.2 Å². The van der Waals surface area contributed by atoms with Crippen LogP contribution in [0.25, 0.3) is 0 Å². The maximum atomic E-state index is 13.3. The summed E-state index contributed by atoms with van der Waals surface area (Å²) in [6, 6.07) is 5.21. The largest absolute Gasteiger partial charge is 0.390 e. The summed E-state index contributed by atoms with van der Waals surface area (Å²) in [6.07, 6.45) is 1.16. The number of hydrogen-bond acceptors (Lipinski definition) is 1. The lowest BCUT2D eigenvalue weighted by Gasteiger charge is -2.16. The van der Waals surface area contributed by atoms with Crippen LogP contribution in [-0.2, 0) is 6.42 Å². The Labute approximate surface area is 84.6 Å². The van der Waals surface area contributed by atoms with Crippen molar-refractivity contribution in [1.82, 2.24) is 0 Å². The molecule has 1 nitrogen and oxygen atoms in total. The average Bonchev–Trinajstić information content (AvgIpc) is 2.00. The normalized spacial score (nSPS) is 11.8. The zero-order valence-corrected chi connectivity index (χ0v) is 8.97. The van der Waals surface area contributed by atoms with Gasteiger partial charge in [-0.25, -0.2) is 4.39 Å². The smallest absolute Gasteiger partial charge is 0.126 e. The summed E-state index contributed by atoms with van der Waals surface area (Å²) in [7, 11) is 0. The summed E-state index contributed by atoms with van der Waals surface area (Å²) in [5, 5.41) is 9.50. The molecule has 0 saturated heterocycles. The standard InChI is InChI=1S/C12H17FO/c1-9-4-5-10(11(13)8-9)6-7-12(2,3)14/h4-5,8,14H,6-7H2,1-3H3. The van der Waals surface area contributed by atoms with Crippen LogP contribution in [0.4, 0.5) is 4.39 Å². The second-order valence-electron chi connectivity index (χ2n) is 4.41. The van der Waals surface area contributed by atoms with Crippen LogP contribution >= 0.6 is 0 Å². The Morgan fingerprint density at radius 2 is 2.00 bits per heavy atom. The van der Waals surface area contributed by atoms with Crippen molar-refractivity contribution in [2.45, 2.75) is 39.2 Å². The molecule has 78 valence electrons. The Hall–Kier alpha value is -0.890. The zero-order chi connectivity index (χ0) is 10.8. The molecule has 0 spiro atoms. The van der Waals surface area contributed by atoms with E-state index in [2.05, 4.69) is 0 Å². The molecule has 0 aromatic heterocycles. The molecule has 0 aliphatic rings. The van der Waals surface area contributed by atoms with Crippen LogP contribution in [0.15, 0.2) is 18.2 Å². The number of aryl methyl sites for hydroxylation is 2. The minimum atomic E-state index is -0.725. The summed E-state index contributed by atoms with van der Waals surface area (Å²) < 4.78 is 13.3. The van der Waals surface area contributed by atoms with E-state index < -0.39 is 5.60 Å². The molecule has 0 radical (unpaired) electrons. The fourth-order valence-electron chi connectivity index (χ4n) is 1.30. The maximum Gasteiger partial charge on any atom is 0.126 e. The van der Waals surface area contributed by atoms with E-state index in [0.29, 0.717) is 18.4 Å². The van der Waals surface area contributed by atoms with E-state index in [0.717, 1.165) is 5.56 Å². The molecule has 0 unspecified atom stereocenters. The summed E-state index contributed by atoms with van der Waals surface area (Å²) in [4.78, 5) is 0. The molecule has 2 heteroatoms. The molecule has 0 fully saturated rings. The van der Waals surface area contributed by atoms with Gasteiger partial charge >= 0.3 is 0 Å². The SMILES string of the molecule is Cc1ccc(CCC(C)(C)O)c(F)c1. The number of aliphatic hydroxyl groups is 1. The minimum absolute atomic E-state index is 0.172. The second kappa shape index (κ2) is 4.09. The Balaban J connectivity index is 2.68. The first-order chi connectivity index (χ1) is 6.38. The van der Waals surface area contributed by atoms with E-state index in [4.69, 9.17) is 0 Å². The fourth-order valence-corrected chi connectivity index (χ4v) is 1.30. The van der Waals surface area contributed by atoms with Gasteiger partial charge in [0.25, 0.3) is 0 Å². The van der Waals surface area contributed by atoms with Crippen molar-refractivity contribution >= 4 is 0 Å². The van der Waals surface area contributed by atoms with Crippen molar-refractivity contribution in [3.05, 3.63) is 35.1 Å². The van der Waals surface area contributed by atoms with E-state index in [-0.39, 0.29) is 5.82 Å². The van der Waals surface area contributed by atoms with Crippen molar-refractivity contribution in [2.24, 2.45) is 0 Å². The van der Waals surface area contributed by atoms with Crippen LogP contribution in [0.1, 0.15) is 31.4 Å². The fraction of sp³-hybridized carbons (Fsp3) is 0.500. The summed E-state index contributed by atoms with van der Waals surface area (Å²) >= 11 is 0. The van der Waals surface area contributed by atoms with Gasteiger partial charge < -0.3 is 5.11 Å². The first kappa shape index (κ1) is 11.2. The van der Waals surface area contributed by atoms with E-state index in [1.807, 2.05) is 13.0 Å². The van der Waals surface area contributed by atoms with Gasteiger partial charge in [-0.2, -0.15) is 0 Å². The van der Waals surface area contributed by atoms with Gasteiger partial charge in [0.1, 0.15) is 5.82 Å². The predicted octanol–water partition coefficient (Wildman–Crippen LogP) is 2.84. The first-order valence-corrected chi connectivity index (χ1v) is 4.86. The molecule has 0 aliphatic carbocycles. The Morgan fingerprint density at radius 1 is 1.36 bits per heavy atom. The summed E-state index contributed by atoms with van der Waals surface area (Å²) in [6.45, 7) is 5.33. The van der Waals surface area contributed by atoms with Gasteiger partial charge in [-0.15, -0.1) is 0 Å². The molecule has 0 bridgehead atoms. The molecular weight excluding hydrogens is 179 g/mol. The lowest BCUT2D eigenvalue weighted by Crippen LogP contribution is -2.19. The quantitative estimate of drug-likeness (QED) is 0.788. The van der Waals surface area contributed by atoms with Gasteiger partial charge in [0.05, 0.1) is 5.60 Å². The van der Waals surface area contributed by atoms with Crippen LogP contribution < -0.4 is 0 Å². The average molecular weight is 196 g/mol. The predicted molar refractivity (Wildman–Crippen MR) is 55.8 cm³/mol. The van der Waals surface area contributed by atoms with Crippen molar-refractivity contribution in [3.8, 4) is 0 Å². The highest BCUT2D eigenvalue weighted by atomic mass is 19.1. The maximum absolute atomic E-state index is 13.3. The van der Waals surface area contributed by atoms with Crippen LogP contribution in [0.5, 0.6) is 0 Å². The van der Waals surface area contributed by atoms with Crippen molar-refractivity contribution in [3.63, 3.8) is 0 Å². The highest BCUT2D eigenvalue weighted by Gasteiger charge is 2.13. The molecule has 0 heterocycles. The minimum Gasteiger partial charge on any atom is -0.390 e. The molecular formula is C12H17FO. The molecule has 1 aromatic rings. The molecule has 0 amide bonds. The lowest BCUT2D eigenvalue weighted by molar-refractivity contribution is 0.0712. The molecule has 1 rings (SSSR count). The number of rotatable bonds is 3. The van der Waals surface area contributed by atoms with Crippen LogP contribution in [-0.4, -0.2) is 10.7 Å². The van der Waals surface area contributed by atoms with Gasteiger partial charge in [0.2, 0.25) is 0 Å². The monoisotopic (exact) mass is 196 g/mol. The van der Waals surface area contributed by atoms with Gasteiger partial charge in [-0.05, 0) is 50.8 Å². The van der Waals surface area contributed by atoms with E-state index in [1.54, 1.807) is 19.9 Å². The van der Waals surface area contributed by atoms with Crippen LogP contribution in [0, 0.1) is 12.7 Å². The van der Waals surface area contributed by atoms with Crippen molar-refractivity contribution < 1.29 is 9.50 Å². The van der Waals surface area contributed by atoms with Gasteiger partial charge in [0.15, 0.2) is 0 Å². The number of halogens is 1. The van der Waals surface area contributed by atoms with Gasteiger partial charge in [-0.1, -0.05) is 12.1 Å². The molecule has 1 aromatic carbocycles. The molecule has 1 N–H and O–H groups in total. The summed E-state index contributed by atoms with van der Waals surface area (Å²) in [5.74, 6) is -0.172. The third-order valence-corrected chi connectivity index (χ3v) is 2.21. The summed E-state index contributed by atoms with van der Waals surface area (Å²) in [5.41, 5.74) is 0.879. The third-order valence-electron chi connectivity index (χ3n) is 2.21. The van der Waals surface area contributed by atoms with Gasteiger partial charge in [-0.3, -0.25) is 0 Å². The highest BCUT2D eigenvalue weighted by Crippen LogP contribution is 2.16. The van der Waals surface area contributed by atoms with Gasteiger partial charge in [0, 0.05) is 0 Å². The van der Waals surface area contributed by atoms with E-state index in [1.165, 1.54) is 6.07 Å². The molecule has 14 heavy (non-hydrogen) atoms. The van der Waals surface area contributed by atoms with Crippen molar-refractivity contribution in [1.29, 1.82) is 0 Å². The first-order valence-electron chi connectivity index (χ1n) is 4.86. The number of benzene rings is 1.